The normalized spacial score (nSPS) is 22.1. The summed E-state index contributed by atoms with van der Waals surface area (Å²) in [6, 6.07) is 12.5. The van der Waals surface area contributed by atoms with Crippen LogP contribution in [0.1, 0.15) is 31.4 Å². The SMILES string of the molecule is C[C@H](NC(=O)[C@@]12CCC(=O)N1c1ccccc1S2)c1ccc(Cl)cc1Cl. The van der Waals surface area contributed by atoms with E-state index in [4.69, 9.17) is 23.2 Å². The van der Waals surface area contributed by atoms with Crippen molar-refractivity contribution in [3.8, 4) is 0 Å². The van der Waals surface area contributed by atoms with Crippen LogP contribution in [0.2, 0.25) is 10.0 Å². The highest BCUT2D eigenvalue weighted by Crippen LogP contribution is 2.55. The van der Waals surface area contributed by atoms with Crippen molar-refractivity contribution in [2.45, 2.75) is 35.6 Å². The summed E-state index contributed by atoms with van der Waals surface area (Å²) in [5.74, 6) is -0.196. The number of nitrogens with zero attached hydrogens (tertiary/aromatic N) is 1. The molecule has 1 saturated heterocycles. The van der Waals surface area contributed by atoms with E-state index in [1.807, 2.05) is 31.2 Å². The molecule has 2 atom stereocenters. The number of hydrogen-bond donors (Lipinski definition) is 1. The van der Waals surface area contributed by atoms with Crippen LogP contribution in [0.4, 0.5) is 5.69 Å². The molecule has 2 aliphatic rings. The second kappa shape index (κ2) is 6.48. The van der Waals surface area contributed by atoms with E-state index < -0.39 is 4.87 Å². The van der Waals surface area contributed by atoms with Crippen molar-refractivity contribution in [2.75, 3.05) is 4.90 Å². The highest BCUT2D eigenvalue weighted by molar-refractivity contribution is 8.02. The monoisotopic (exact) mass is 406 g/mol. The van der Waals surface area contributed by atoms with Gasteiger partial charge in [0.15, 0.2) is 4.87 Å². The smallest absolute Gasteiger partial charge is 0.257 e. The number of carbonyl (C=O) groups is 2. The van der Waals surface area contributed by atoms with E-state index in [2.05, 4.69) is 5.32 Å². The Bertz CT molecular complexity index is 920. The number of carbonyl (C=O) groups excluding carboxylic acids is 2. The third kappa shape index (κ3) is 2.70. The molecule has 4 rings (SSSR count). The van der Waals surface area contributed by atoms with Crippen LogP contribution in [0.25, 0.3) is 0 Å². The minimum absolute atomic E-state index is 0.0187. The van der Waals surface area contributed by atoms with Gasteiger partial charge in [-0.05, 0) is 43.2 Å². The molecule has 0 saturated carbocycles. The standard InChI is InChI=1S/C19H16Cl2N2O2S/c1-11(13-7-6-12(20)10-14(13)21)22-18(25)19-9-8-17(24)23(19)15-4-2-3-5-16(15)26-19/h2-7,10-11H,8-9H2,1H3,(H,22,25)/t11-,19-/m0/s1. The van der Waals surface area contributed by atoms with Crippen molar-refractivity contribution in [3.63, 3.8) is 0 Å². The largest absolute Gasteiger partial charge is 0.347 e. The molecule has 1 N–H and O–H groups in total. The minimum Gasteiger partial charge on any atom is -0.347 e. The molecule has 2 heterocycles. The number of benzene rings is 2. The Morgan fingerprint density at radius 2 is 2.04 bits per heavy atom. The Hall–Kier alpha value is -1.69. The first-order chi connectivity index (χ1) is 12.4. The molecule has 2 aromatic rings. The topological polar surface area (TPSA) is 49.4 Å². The summed E-state index contributed by atoms with van der Waals surface area (Å²) in [7, 11) is 0. The lowest BCUT2D eigenvalue weighted by molar-refractivity contribution is -0.125. The van der Waals surface area contributed by atoms with Crippen molar-refractivity contribution in [1.82, 2.24) is 5.32 Å². The molecule has 0 radical (unpaired) electrons. The summed E-state index contributed by atoms with van der Waals surface area (Å²) in [5.41, 5.74) is 1.60. The molecule has 2 aromatic carbocycles. The second-order valence-electron chi connectivity index (χ2n) is 6.44. The van der Waals surface area contributed by atoms with Gasteiger partial charge in [0.25, 0.3) is 5.91 Å². The quantitative estimate of drug-likeness (QED) is 0.795. The molecule has 0 bridgehead atoms. The van der Waals surface area contributed by atoms with Crippen LogP contribution in [0.5, 0.6) is 0 Å². The summed E-state index contributed by atoms with van der Waals surface area (Å²) in [6.45, 7) is 1.87. The molecule has 2 aliphatic heterocycles. The van der Waals surface area contributed by atoms with Crippen LogP contribution in [0, 0.1) is 0 Å². The van der Waals surface area contributed by atoms with Gasteiger partial charge < -0.3 is 5.32 Å². The molecular weight excluding hydrogens is 391 g/mol. The summed E-state index contributed by atoms with van der Waals surface area (Å²) in [5, 5.41) is 4.09. The van der Waals surface area contributed by atoms with E-state index in [1.165, 1.54) is 11.8 Å². The van der Waals surface area contributed by atoms with Crippen LogP contribution >= 0.6 is 35.0 Å². The Labute approximate surface area is 165 Å². The van der Waals surface area contributed by atoms with E-state index in [9.17, 15) is 9.59 Å². The first-order valence-electron chi connectivity index (χ1n) is 8.29. The molecule has 26 heavy (non-hydrogen) atoms. The van der Waals surface area contributed by atoms with Crippen molar-refractivity contribution in [3.05, 3.63) is 58.1 Å². The van der Waals surface area contributed by atoms with Crippen molar-refractivity contribution >= 4 is 52.5 Å². The molecule has 0 unspecified atom stereocenters. The average Bonchev–Trinajstić information content (AvgIpc) is 3.11. The fourth-order valence-corrected chi connectivity index (χ4v) is 5.53. The number of thioether (sulfide) groups is 1. The zero-order valence-corrected chi connectivity index (χ0v) is 16.3. The lowest BCUT2D eigenvalue weighted by Crippen LogP contribution is -2.52. The number of rotatable bonds is 3. The lowest BCUT2D eigenvalue weighted by atomic mass is 10.1. The summed E-state index contributed by atoms with van der Waals surface area (Å²) >= 11 is 13.7. The molecule has 2 amide bonds. The number of nitrogens with one attached hydrogen (secondary N) is 1. The van der Waals surface area contributed by atoms with E-state index >= 15 is 0 Å². The maximum atomic E-state index is 13.2. The molecule has 0 spiro atoms. The molecule has 0 aliphatic carbocycles. The van der Waals surface area contributed by atoms with Gasteiger partial charge in [-0.2, -0.15) is 0 Å². The Morgan fingerprint density at radius 1 is 1.27 bits per heavy atom. The fraction of sp³-hybridized carbons (Fsp3) is 0.263. The van der Waals surface area contributed by atoms with Crippen LogP contribution in [-0.4, -0.2) is 16.7 Å². The van der Waals surface area contributed by atoms with E-state index in [0.717, 1.165) is 16.1 Å². The van der Waals surface area contributed by atoms with Crippen LogP contribution in [0.15, 0.2) is 47.4 Å². The van der Waals surface area contributed by atoms with Crippen LogP contribution in [-0.2, 0) is 9.59 Å². The van der Waals surface area contributed by atoms with Crippen molar-refractivity contribution < 1.29 is 9.59 Å². The molecular formula is C19H16Cl2N2O2S. The Balaban J connectivity index is 1.63. The van der Waals surface area contributed by atoms with Gasteiger partial charge in [-0.25, -0.2) is 0 Å². The Kier molecular flexibility index (Phi) is 4.41. The lowest BCUT2D eigenvalue weighted by Gasteiger charge is -2.31. The van der Waals surface area contributed by atoms with Gasteiger partial charge >= 0.3 is 0 Å². The van der Waals surface area contributed by atoms with Gasteiger partial charge in [-0.3, -0.25) is 14.5 Å². The first-order valence-corrected chi connectivity index (χ1v) is 9.86. The zero-order chi connectivity index (χ0) is 18.5. The first kappa shape index (κ1) is 17.7. The average molecular weight is 407 g/mol. The van der Waals surface area contributed by atoms with E-state index in [-0.39, 0.29) is 17.9 Å². The number of hydrogen-bond acceptors (Lipinski definition) is 3. The summed E-state index contributed by atoms with van der Waals surface area (Å²) < 4.78 is 0. The molecule has 7 heteroatoms. The third-order valence-corrected chi connectivity index (χ3v) is 6.84. The predicted molar refractivity (Wildman–Crippen MR) is 105 cm³/mol. The number of amides is 2. The number of para-hydroxylation sites is 1. The minimum atomic E-state index is -0.923. The van der Waals surface area contributed by atoms with Gasteiger partial charge in [0.1, 0.15) is 0 Å². The van der Waals surface area contributed by atoms with E-state index in [0.29, 0.717) is 22.9 Å². The van der Waals surface area contributed by atoms with Gasteiger partial charge in [-0.1, -0.05) is 53.2 Å². The summed E-state index contributed by atoms with van der Waals surface area (Å²) in [6.07, 6.45) is 0.850. The van der Waals surface area contributed by atoms with Gasteiger partial charge in [0.2, 0.25) is 5.91 Å². The fourth-order valence-electron chi connectivity index (χ4n) is 3.54. The van der Waals surface area contributed by atoms with Gasteiger partial charge in [0, 0.05) is 21.4 Å². The zero-order valence-electron chi connectivity index (χ0n) is 14.0. The highest BCUT2D eigenvalue weighted by Gasteiger charge is 2.57. The molecule has 0 aromatic heterocycles. The van der Waals surface area contributed by atoms with Crippen molar-refractivity contribution in [1.29, 1.82) is 0 Å². The predicted octanol–water partition coefficient (Wildman–Crippen LogP) is 4.80. The number of anilines is 1. The molecule has 134 valence electrons. The third-order valence-electron chi connectivity index (χ3n) is 4.80. The van der Waals surface area contributed by atoms with Crippen LogP contribution in [0.3, 0.4) is 0 Å². The maximum absolute atomic E-state index is 13.2. The van der Waals surface area contributed by atoms with Crippen molar-refractivity contribution in [2.24, 2.45) is 0 Å². The number of halogens is 2. The second-order valence-corrected chi connectivity index (χ2v) is 8.61. The maximum Gasteiger partial charge on any atom is 0.257 e. The highest BCUT2D eigenvalue weighted by atomic mass is 35.5. The molecule has 1 fully saturated rings. The van der Waals surface area contributed by atoms with Gasteiger partial charge in [-0.15, -0.1) is 0 Å². The van der Waals surface area contributed by atoms with E-state index in [1.54, 1.807) is 23.1 Å². The molecule has 4 nitrogen and oxygen atoms in total. The summed E-state index contributed by atoms with van der Waals surface area (Å²) in [4.78, 5) is 27.4. The Morgan fingerprint density at radius 3 is 2.81 bits per heavy atom. The van der Waals surface area contributed by atoms with Gasteiger partial charge in [0.05, 0.1) is 11.7 Å². The number of fused-ring (bicyclic) bond motifs is 3. The van der Waals surface area contributed by atoms with Crippen LogP contribution < -0.4 is 10.2 Å².